The fourth-order valence-corrected chi connectivity index (χ4v) is 3.52. The van der Waals surface area contributed by atoms with Crippen molar-refractivity contribution in [2.45, 2.75) is 19.9 Å². The molecule has 0 aliphatic carbocycles. The van der Waals surface area contributed by atoms with Crippen LogP contribution in [0.5, 0.6) is 0 Å². The van der Waals surface area contributed by atoms with Crippen molar-refractivity contribution in [3.05, 3.63) is 47.5 Å². The van der Waals surface area contributed by atoms with Crippen molar-refractivity contribution < 1.29 is 4.39 Å². The van der Waals surface area contributed by atoms with Crippen LogP contribution < -0.4 is 10.6 Å². The summed E-state index contributed by atoms with van der Waals surface area (Å²) >= 11 is 1.58. The number of fused-ring (bicyclic) bond motifs is 1. The van der Waals surface area contributed by atoms with Gasteiger partial charge in [0, 0.05) is 13.2 Å². The molecule has 10 heteroatoms. The maximum absolute atomic E-state index is 13.0. The Balaban J connectivity index is 1.68. The number of hydrogen-bond donors (Lipinski definition) is 2. The Morgan fingerprint density at radius 1 is 1.19 bits per heavy atom. The number of aryl methyl sites for hydroxylation is 2. The van der Waals surface area contributed by atoms with Crippen molar-refractivity contribution in [2.24, 2.45) is 7.05 Å². The first-order chi connectivity index (χ1) is 13.0. The average molecular weight is 384 g/mol. The second kappa shape index (κ2) is 6.88. The molecule has 0 aliphatic heterocycles. The highest BCUT2D eigenvalue weighted by Crippen LogP contribution is 2.32. The van der Waals surface area contributed by atoms with Gasteiger partial charge in [-0.3, -0.25) is 0 Å². The zero-order chi connectivity index (χ0) is 19.0. The summed E-state index contributed by atoms with van der Waals surface area (Å²) in [5.74, 6) is 1.79. The lowest BCUT2D eigenvalue weighted by Crippen LogP contribution is -2.13. The maximum Gasteiger partial charge on any atom is 0.225 e. The van der Waals surface area contributed by atoms with Crippen molar-refractivity contribution in [1.29, 1.82) is 0 Å². The van der Waals surface area contributed by atoms with Crippen molar-refractivity contribution in [3.8, 4) is 0 Å². The summed E-state index contributed by atoms with van der Waals surface area (Å²) in [6.45, 7) is 3.87. The number of nitrogens with zero attached hydrogens (tertiary/aromatic N) is 6. The van der Waals surface area contributed by atoms with E-state index in [9.17, 15) is 4.39 Å². The number of aromatic nitrogens is 6. The van der Waals surface area contributed by atoms with Gasteiger partial charge in [0.1, 0.15) is 11.6 Å². The molecule has 2 N–H and O–H groups in total. The minimum absolute atomic E-state index is 0.287. The van der Waals surface area contributed by atoms with Crippen molar-refractivity contribution >= 4 is 39.1 Å². The first-order valence-electron chi connectivity index (χ1n) is 8.24. The number of nitrogens with one attached hydrogen (secondary N) is 2. The van der Waals surface area contributed by atoms with Gasteiger partial charge in [0.2, 0.25) is 5.95 Å². The smallest absolute Gasteiger partial charge is 0.225 e. The molecule has 4 heterocycles. The summed E-state index contributed by atoms with van der Waals surface area (Å²) in [6, 6.07) is -0.287. The quantitative estimate of drug-likeness (QED) is 0.543. The van der Waals surface area contributed by atoms with E-state index in [0.29, 0.717) is 23.4 Å². The van der Waals surface area contributed by atoms with Gasteiger partial charge >= 0.3 is 0 Å². The third-order valence-corrected chi connectivity index (χ3v) is 5.01. The van der Waals surface area contributed by atoms with E-state index < -0.39 is 5.82 Å². The lowest BCUT2D eigenvalue weighted by molar-refractivity contribution is 0.604. The van der Waals surface area contributed by atoms with E-state index in [0.717, 1.165) is 28.2 Å². The molecular formula is C17H17FN8S. The number of hydrogen-bond acceptors (Lipinski definition) is 8. The maximum atomic E-state index is 13.0. The van der Waals surface area contributed by atoms with Crippen LogP contribution in [-0.2, 0) is 7.05 Å². The molecule has 1 atom stereocenters. The van der Waals surface area contributed by atoms with E-state index in [-0.39, 0.29) is 6.04 Å². The highest BCUT2D eigenvalue weighted by molar-refractivity contribution is 7.18. The Hall–Kier alpha value is -3.14. The van der Waals surface area contributed by atoms with Gasteiger partial charge in [0.05, 0.1) is 35.0 Å². The van der Waals surface area contributed by atoms with E-state index in [1.165, 1.54) is 0 Å². The second-order valence-corrected chi connectivity index (χ2v) is 7.05. The first-order valence-corrected chi connectivity index (χ1v) is 9.12. The summed E-state index contributed by atoms with van der Waals surface area (Å²) in [4.78, 5) is 21.5. The van der Waals surface area contributed by atoms with Crippen LogP contribution in [0.2, 0.25) is 0 Å². The van der Waals surface area contributed by atoms with E-state index in [2.05, 4.69) is 35.6 Å². The van der Waals surface area contributed by atoms with Gasteiger partial charge in [-0.2, -0.15) is 4.98 Å². The Morgan fingerprint density at radius 3 is 2.67 bits per heavy atom. The minimum atomic E-state index is -0.473. The summed E-state index contributed by atoms with van der Waals surface area (Å²) < 4.78 is 15.8. The van der Waals surface area contributed by atoms with Crippen LogP contribution in [0, 0.1) is 12.7 Å². The van der Waals surface area contributed by atoms with E-state index in [1.807, 2.05) is 37.0 Å². The van der Waals surface area contributed by atoms with Crippen LogP contribution in [0.3, 0.4) is 0 Å². The molecule has 138 valence electrons. The number of rotatable bonds is 5. The Morgan fingerprint density at radius 2 is 1.96 bits per heavy atom. The molecular weight excluding hydrogens is 367 g/mol. The molecule has 27 heavy (non-hydrogen) atoms. The summed E-state index contributed by atoms with van der Waals surface area (Å²) in [6.07, 6.45) is 5.87. The van der Waals surface area contributed by atoms with Crippen molar-refractivity contribution in [1.82, 2.24) is 29.5 Å². The predicted molar refractivity (Wildman–Crippen MR) is 103 cm³/mol. The summed E-state index contributed by atoms with van der Waals surface area (Å²) in [7, 11) is 1.90. The van der Waals surface area contributed by atoms with Gasteiger partial charge in [-0.15, -0.1) is 11.3 Å². The molecule has 0 amide bonds. The fourth-order valence-electron chi connectivity index (χ4n) is 2.58. The van der Waals surface area contributed by atoms with Crippen molar-refractivity contribution in [2.75, 3.05) is 10.6 Å². The van der Waals surface area contributed by atoms with Crippen LogP contribution in [0.15, 0.2) is 30.3 Å². The lowest BCUT2D eigenvalue weighted by atomic mass is 10.3. The second-order valence-electron chi connectivity index (χ2n) is 6.17. The van der Waals surface area contributed by atoms with Crippen LogP contribution in [0.1, 0.15) is 24.4 Å². The fraction of sp³-hybridized carbons (Fsp3) is 0.235. The molecule has 0 bridgehead atoms. The molecule has 4 aromatic heterocycles. The SMILES string of the molecule is Cc1csc2c(Nc3cn(C)cn3)nc(N[C@H](C)c3ncc(F)cn3)nc12. The topological polar surface area (TPSA) is 93.4 Å². The van der Waals surface area contributed by atoms with Gasteiger partial charge in [0.15, 0.2) is 11.6 Å². The normalized spacial score (nSPS) is 12.3. The third-order valence-electron chi connectivity index (χ3n) is 3.92. The number of halogens is 1. The van der Waals surface area contributed by atoms with Gasteiger partial charge < -0.3 is 15.2 Å². The third kappa shape index (κ3) is 3.56. The number of thiophene rings is 1. The zero-order valence-corrected chi connectivity index (χ0v) is 15.8. The first kappa shape index (κ1) is 17.3. The molecule has 8 nitrogen and oxygen atoms in total. The van der Waals surface area contributed by atoms with E-state index >= 15 is 0 Å². The Bertz CT molecular complexity index is 1090. The molecule has 0 unspecified atom stereocenters. The van der Waals surface area contributed by atoms with Gasteiger partial charge in [-0.25, -0.2) is 24.3 Å². The average Bonchev–Trinajstić information content (AvgIpc) is 3.22. The minimum Gasteiger partial charge on any atom is -0.344 e. The van der Waals surface area contributed by atoms with Gasteiger partial charge in [-0.1, -0.05) is 0 Å². The molecule has 0 spiro atoms. The summed E-state index contributed by atoms with van der Waals surface area (Å²) in [5, 5.41) is 8.48. The Labute approximate surface area is 158 Å². The highest BCUT2D eigenvalue weighted by atomic mass is 32.1. The zero-order valence-electron chi connectivity index (χ0n) is 14.9. The largest absolute Gasteiger partial charge is 0.344 e. The molecule has 0 saturated heterocycles. The summed E-state index contributed by atoms with van der Waals surface area (Å²) in [5.41, 5.74) is 1.93. The van der Waals surface area contributed by atoms with E-state index in [4.69, 9.17) is 0 Å². The molecule has 0 aromatic carbocycles. The monoisotopic (exact) mass is 384 g/mol. The van der Waals surface area contributed by atoms with Crippen LogP contribution >= 0.6 is 11.3 Å². The molecule has 0 aliphatic rings. The van der Waals surface area contributed by atoms with Crippen LogP contribution in [0.4, 0.5) is 22.0 Å². The van der Waals surface area contributed by atoms with Crippen LogP contribution in [-0.4, -0.2) is 29.5 Å². The molecule has 0 fully saturated rings. The Kier molecular flexibility index (Phi) is 4.40. The molecule has 4 rings (SSSR count). The molecule has 4 aromatic rings. The lowest BCUT2D eigenvalue weighted by Gasteiger charge is -2.14. The van der Waals surface area contributed by atoms with Crippen molar-refractivity contribution in [3.63, 3.8) is 0 Å². The predicted octanol–water partition coefficient (Wildman–Crippen LogP) is 3.58. The standard InChI is InChI=1S/C17H17FN8S/c1-9-7-27-14-13(9)24-17(22-10(2)15-19-4-11(18)5-20-15)25-16(14)23-12-6-26(3)8-21-12/h4-8,10H,1-3H3,(H2,22,23,24,25)/t10-/m1/s1. The van der Waals surface area contributed by atoms with Crippen LogP contribution in [0.25, 0.3) is 10.2 Å². The van der Waals surface area contributed by atoms with Gasteiger partial charge in [-0.05, 0) is 24.8 Å². The number of anilines is 3. The number of imidazole rings is 1. The highest BCUT2D eigenvalue weighted by Gasteiger charge is 2.16. The van der Waals surface area contributed by atoms with E-state index in [1.54, 1.807) is 17.7 Å². The molecule has 0 saturated carbocycles. The molecule has 0 radical (unpaired) electrons. The van der Waals surface area contributed by atoms with Gasteiger partial charge in [0.25, 0.3) is 0 Å².